The number of rotatable bonds is 9. The van der Waals surface area contributed by atoms with E-state index in [4.69, 9.17) is 4.74 Å². The van der Waals surface area contributed by atoms with Crippen molar-refractivity contribution in [2.24, 2.45) is 5.41 Å². The van der Waals surface area contributed by atoms with Gasteiger partial charge in [0, 0.05) is 38.0 Å². The van der Waals surface area contributed by atoms with E-state index in [2.05, 4.69) is 11.8 Å². The molecule has 1 saturated carbocycles. The zero-order valence-electron chi connectivity index (χ0n) is 19.4. The molecule has 8 heteroatoms. The van der Waals surface area contributed by atoms with Crippen LogP contribution in [0.4, 0.5) is 13.6 Å². The summed E-state index contributed by atoms with van der Waals surface area (Å²) in [6, 6.07) is 0.159. The molecule has 0 aromatic carbocycles. The van der Waals surface area contributed by atoms with E-state index in [9.17, 15) is 18.4 Å². The zero-order valence-corrected chi connectivity index (χ0v) is 19.4. The maximum atomic E-state index is 13.9. The molecule has 31 heavy (non-hydrogen) atoms. The van der Waals surface area contributed by atoms with Crippen molar-refractivity contribution >= 4 is 12.0 Å². The predicted molar refractivity (Wildman–Crippen MR) is 115 cm³/mol. The minimum atomic E-state index is -2.76. The lowest BCUT2D eigenvalue weighted by atomic mass is 9.64. The van der Waals surface area contributed by atoms with Gasteiger partial charge in [0.15, 0.2) is 0 Å². The summed E-state index contributed by atoms with van der Waals surface area (Å²) in [7, 11) is 0. The first-order valence-electron chi connectivity index (χ1n) is 12.1. The molecule has 3 rings (SSSR count). The van der Waals surface area contributed by atoms with Crippen molar-refractivity contribution in [3.8, 4) is 0 Å². The molecular weight excluding hydrogens is 404 g/mol. The van der Waals surface area contributed by atoms with E-state index >= 15 is 0 Å². The third kappa shape index (κ3) is 5.68. The predicted octanol–water partition coefficient (Wildman–Crippen LogP) is 4.14. The van der Waals surface area contributed by atoms with Crippen molar-refractivity contribution in [2.75, 3.05) is 39.3 Å². The zero-order chi connectivity index (χ0) is 22.6. The van der Waals surface area contributed by atoms with Gasteiger partial charge in [-0.2, -0.15) is 0 Å². The lowest BCUT2D eigenvalue weighted by Gasteiger charge is -2.50. The molecule has 3 fully saturated rings. The molecule has 1 aliphatic carbocycles. The van der Waals surface area contributed by atoms with Crippen LogP contribution in [0.15, 0.2) is 0 Å². The third-order valence-electron chi connectivity index (χ3n) is 7.31. The van der Waals surface area contributed by atoms with Crippen LogP contribution in [0.25, 0.3) is 0 Å². The van der Waals surface area contributed by atoms with Crippen molar-refractivity contribution in [3.63, 3.8) is 0 Å². The van der Waals surface area contributed by atoms with Crippen LogP contribution in [-0.2, 0) is 9.53 Å². The molecule has 0 aromatic heterocycles. The van der Waals surface area contributed by atoms with Gasteiger partial charge in [-0.25, -0.2) is 13.6 Å². The highest BCUT2D eigenvalue weighted by molar-refractivity contribution is 5.76. The van der Waals surface area contributed by atoms with E-state index in [-0.39, 0.29) is 36.3 Å². The van der Waals surface area contributed by atoms with Crippen molar-refractivity contribution in [2.45, 2.75) is 90.1 Å². The molecule has 6 nitrogen and oxygen atoms in total. The summed E-state index contributed by atoms with van der Waals surface area (Å²) in [5.41, 5.74) is 0.223. The van der Waals surface area contributed by atoms with Crippen LogP contribution in [0, 0.1) is 5.41 Å². The van der Waals surface area contributed by atoms with E-state index < -0.39 is 12.5 Å². The second kappa shape index (κ2) is 10.0. The Bertz CT molecular complexity index is 640. The lowest BCUT2D eigenvalue weighted by molar-refractivity contribution is -0.133. The largest absolute Gasteiger partial charge is 0.450 e. The Hall–Kier alpha value is -1.44. The Morgan fingerprint density at radius 2 is 1.84 bits per heavy atom. The summed E-state index contributed by atoms with van der Waals surface area (Å²) < 4.78 is 33.0. The summed E-state index contributed by atoms with van der Waals surface area (Å²) >= 11 is 0. The van der Waals surface area contributed by atoms with E-state index in [1.807, 2.05) is 11.8 Å². The smallest absolute Gasteiger partial charge is 0.409 e. The number of alkyl halides is 2. The van der Waals surface area contributed by atoms with Crippen molar-refractivity contribution in [1.29, 1.82) is 0 Å². The van der Waals surface area contributed by atoms with Gasteiger partial charge in [-0.15, -0.1) is 0 Å². The van der Waals surface area contributed by atoms with Crippen molar-refractivity contribution in [1.82, 2.24) is 14.7 Å². The molecule has 0 aromatic rings. The Balaban J connectivity index is 1.47. The number of halogens is 2. The highest BCUT2D eigenvalue weighted by Gasteiger charge is 2.51. The maximum absolute atomic E-state index is 13.9. The highest BCUT2D eigenvalue weighted by Crippen LogP contribution is 2.50. The molecular formula is C23H39F2N3O3. The number of ether oxygens (including phenoxy) is 1. The van der Waals surface area contributed by atoms with Gasteiger partial charge in [0.25, 0.3) is 5.92 Å². The number of carbonyl (C=O) groups is 2. The normalized spacial score (nSPS) is 29.6. The number of hydrogen-bond donors (Lipinski definition) is 0. The van der Waals surface area contributed by atoms with Crippen LogP contribution >= 0.6 is 0 Å². The second-order valence-electron chi connectivity index (χ2n) is 9.70. The van der Waals surface area contributed by atoms with E-state index in [0.717, 1.165) is 58.3 Å². The SMILES string of the molecule is CCCN(CCC[C@@H]1CC(F)(F)CN1C(=O)CC)C1CC2(CCN(C(=O)OCC)C2)C1. The molecule has 2 saturated heterocycles. The molecule has 1 spiro atoms. The topological polar surface area (TPSA) is 53.1 Å². The monoisotopic (exact) mass is 443 g/mol. The number of hydrogen-bond acceptors (Lipinski definition) is 4. The van der Waals surface area contributed by atoms with E-state index in [0.29, 0.717) is 19.1 Å². The second-order valence-corrected chi connectivity index (χ2v) is 9.70. The quantitative estimate of drug-likeness (QED) is 0.538. The fourth-order valence-corrected chi connectivity index (χ4v) is 5.78. The van der Waals surface area contributed by atoms with Gasteiger partial charge in [0.1, 0.15) is 0 Å². The maximum Gasteiger partial charge on any atom is 0.409 e. The summed E-state index contributed by atoms with van der Waals surface area (Å²) in [4.78, 5) is 29.8. The van der Waals surface area contributed by atoms with Crippen LogP contribution in [0.5, 0.6) is 0 Å². The molecule has 2 amide bonds. The molecule has 2 aliphatic heterocycles. The molecule has 0 unspecified atom stereocenters. The Morgan fingerprint density at radius 1 is 1.10 bits per heavy atom. The van der Waals surface area contributed by atoms with Gasteiger partial charge in [-0.05, 0) is 64.0 Å². The fourth-order valence-electron chi connectivity index (χ4n) is 5.78. The van der Waals surface area contributed by atoms with Gasteiger partial charge < -0.3 is 19.4 Å². The fraction of sp³-hybridized carbons (Fsp3) is 0.913. The van der Waals surface area contributed by atoms with Crippen LogP contribution in [0.3, 0.4) is 0 Å². The van der Waals surface area contributed by atoms with Gasteiger partial charge in [-0.1, -0.05) is 13.8 Å². The number of likely N-dealkylation sites (tertiary alicyclic amines) is 2. The minimum absolute atomic E-state index is 0.166. The Kier molecular flexibility index (Phi) is 7.81. The first-order valence-corrected chi connectivity index (χ1v) is 12.1. The molecule has 0 N–H and O–H groups in total. The highest BCUT2D eigenvalue weighted by atomic mass is 19.3. The van der Waals surface area contributed by atoms with Crippen LogP contribution in [-0.4, -0.2) is 84.0 Å². The Labute approximate surface area is 185 Å². The summed E-state index contributed by atoms with van der Waals surface area (Å²) in [5, 5.41) is 0. The lowest BCUT2D eigenvalue weighted by Crippen LogP contribution is -2.53. The summed E-state index contributed by atoms with van der Waals surface area (Å²) in [5.74, 6) is -2.92. The van der Waals surface area contributed by atoms with Crippen molar-refractivity contribution in [3.05, 3.63) is 0 Å². The van der Waals surface area contributed by atoms with Gasteiger partial charge in [0.2, 0.25) is 5.91 Å². The van der Waals surface area contributed by atoms with Crippen LogP contribution in [0.1, 0.15) is 72.1 Å². The summed E-state index contributed by atoms with van der Waals surface area (Å²) in [6.45, 7) is 9.15. The molecule has 0 radical (unpaired) electrons. The number of nitrogens with zero attached hydrogens (tertiary/aromatic N) is 3. The molecule has 0 bridgehead atoms. The first-order chi connectivity index (χ1) is 14.7. The van der Waals surface area contributed by atoms with E-state index in [1.54, 1.807) is 6.92 Å². The first kappa shape index (κ1) is 24.2. The molecule has 3 aliphatic rings. The molecule has 1 atom stereocenters. The number of amides is 2. The van der Waals surface area contributed by atoms with Gasteiger partial charge in [0.05, 0.1) is 13.2 Å². The van der Waals surface area contributed by atoms with Crippen molar-refractivity contribution < 1.29 is 23.1 Å². The third-order valence-corrected chi connectivity index (χ3v) is 7.31. The van der Waals surface area contributed by atoms with Gasteiger partial charge in [-0.3, -0.25) is 4.79 Å². The average molecular weight is 444 g/mol. The van der Waals surface area contributed by atoms with Crippen LogP contribution < -0.4 is 0 Å². The Morgan fingerprint density at radius 3 is 2.48 bits per heavy atom. The standard InChI is InChI=1S/C23H39F2N3O3/c1-4-10-26(11-7-8-18-15-23(24,25)17-28(18)20(29)5-2)19-13-22(14-19)9-12-27(16-22)21(30)31-6-3/h18-19H,4-17H2,1-3H3/t18-,19?,22?/m1/s1. The molecule has 2 heterocycles. The van der Waals surface area contributed by atoms with E-state index in [1.165, 1.54) is 4.90 Å². The molecule has 178 valence electrons. The summed E-state index contributed by atoms with van der Waals surface area (Å²) in [6.07, 6.45) is 5.60. The average Bonchev–Trinajstić information content (AvgIpc) is 3.27. The van der Waals surface area contributed by atoms with Crippen LogP contribution in [0.2, 0.25) is 0 Å². The van der Waals surface area contributed by atoms with Gasteiger partial charge >= 0.3 is 6.09 Å². The number of carbonyl (C=O) groups excluding carboxylic acids is 2. The minimum Gasteiger partial charge on any atom is -0.450 e.